The Kier molecular flexibility index (Phi) is 4.81. The van der Waals surface area contributed by atoms with Gasteiger partial charge in [0.05, 0.1) is 12.7 Å². The number of carbonyl (C=O) groups is 1. The summed E-state index contributed by atoms with van der Waals surface area (Å²) in [5.41, 5.74) is 1.75. The van der Waals surface area contributed by atoms with Crippen molar-refractivity contribution in [2.45, 2.75) is 13.0 Å². The van der Waals surface area contributed by atoms with Crippen molar-refractivity contribution >= 4 is 37.8 Å². The molecule has 1 aliphatic heterocycles. The number of alkyl halides is 1. The van der Waals surface area contributed by atoms with Gasteiger partial charge in [-0.15, -0.1) is 0 Å². The highest BCUT2D eigenvalue weighted by Gasteiger charge is 2.25. The van der Waals surface area contributed by atoms with Crippen LogP contribution >= 0.6 is 31.9 Å². The maximum atomic E-state index is 12.5. The van der Waals surface area contributed by atoms with Crippen LogP contribution in [0.15, 0.2) is 22.7 Å². The molecule has 1 aliphatic rings. The van der Waals surface area contributed by atoms with Crippen LogP contribution in [0.25, 0.3) is 0 Å². The fourth-order valence-corrected chi connectivity index (χ4v) is 2.76. The summed E-state index contributed by atoms with van der Waals surface area (Å²) in [6.45, 7) is 3.87. The largest absolute Gasteiger partial charge is 0.374 e. The van der Waals surface area contributed by atoms with Crippen LogP contribution in [-0.2, 0) is 4.74 Å². The van der Waals surface area contributed by atoms with Gasteiger partial charge in [-0.3, -0.25) is 4.79 Å². The smallest absolute Gasteiger partial charge is 0.254 e. The molecular formula is C13H15Br2NO2. The molecule has 0 bridgehead atoms. The number of benzene rings is 1. The Balaban J connectivity index is 2.18. The van der Waals surface area contributed by atoms with Crippen molar-refractivity contribution in [1.29, 1.82) is 0 Å². The molecule has 1 saturated heterocycles. The summed E-state index contributed by atoms with van der Waals surface area (Å²) in [5, 5.41) is 0.758. The van der Waals surface area contributed by atoms with Crippen molar-refractivity contribution in [3.05, 3.63) is 33.8 Å². The van der Waals surface area contributed by atoms with E-state index in [1.807, 2.05) is 30.0 Å². The van der Waals surface area contributed by atoms with Gasteiger partial charge in [-0.1, -0.05) is 37.9 Å². The summed E-state index contributed by atoms with van der Waals surface area (Å²) in [6, 6.07) is 5.72. The van der Waals surface area contributed by atoms with Gasteiger partial charge in [0.2, 0.25) is 0 Å². The van der Waals surface area contributed by atoms with Gasteiger partial charge >= 0.3 is 0 Å². The fraction of sp³-hybridized carbons (Fsp3) is 0.462. The molecule has 2 rings (SSSR count). The normalized spacial score (nSPS) is 19.9. The van der Waals surface area contributed by atoms with Gasteiger partial charge in [-0.25, -0.2) is 0 Å². The second kappa shape index (κ2) is 6.17. The SMILES string of the molecule is Cc1c(Br)cccc1C(=O)N1CCOC(CBr)C1. The maximum Gasteiger partial charge on any atom is 0.254 e. The van der Waals surface area contributed by atoms with Crippen LogP contribution in [-0.4, -0.2) is 41.9 Å². The minimum atomic E-state index is 0.0862. The molecule has 0 saturated carbocycles. The Morgan fingerprint density at radius 1 is 1.56 bits per heavy atom. The van der Waals surface area contributed by atoms with Crippen molar-refractivity contribution in [2.24, 2.45) is 0 Å². The topological polar surface area (TPSA) is 29.5 Å². The predicted molar refractivity (Wildman–Crippen MR) is 78.3 cm³/mol. The van der Waals surface area contributed by atoms with E-state index in [0.29, 0.717) is 19.7 Å². The molecule has 18 heavy (non-hydrogen) atoms. The molecule has 0 aromatic heterocycles. The number of nitrogens with zero attached hydrogens (tertiary/aromatic N) is 1. The van der Waals surface area contributed by atoms with Crippen LogP contribution in [0.5, 0.6) is 0 Å². The van der Waals surface area contributed by atoms with Gasteiger partial charge in [0.1, 0.15) is 0 Å². The first kappa shape index (κ1) is 14.0. The molecule has 1 fully saturated rings. The third-order valence-corrected chi connectivity index (χ3v) is 4.68. The molecule has 98 valence electrons. The van der Waals surface area contributed by atoms with Gasteiger partial charge in [0.15, 0.2) is 0 Å². The van der Waals surface area contributed by atoms with E-state index < -0.39 is 0 Å². The first-order valence-corrected chi connectivity index (χ1v) is 7.77. The third-order valence-electron chi connectivity index (χ3n) is 3.10. The molecule has 0 N–H and O–H groups in total. The van der Waals surface area contributed by atoms with Crippen LogP contribution < -0.4 is 0 Å². The van der Waals surface area contributed by atoms with E-state index >= 15 is 0 Å². The van der Waals surface area contributed by atoms with Crippen LogP contribution in [0.4, 0.5) is 0 Å². The lowest BCUT2D eigenvalue weighted by molar-refractivity contribution is -0.00968. The summed E-state index contributed by atoms with van der Waals surface area (Å²) < 4.78 is 6.52. The highest BCUT2D eigenvalue weighted by atomic mass is 79.9. The van der Waals surface area contributed by atoms with Crippen molar-refractivity contribution in [3.63, 3.8) is 0 Å². The molecule has 1 amide bonds. The van der Waals surface area contributed by atoms with E-state index in [0.717, 1.165) is 20.9 Å². The Morgan fingerprint density at radius 2 is 2.33 bits per heavy atom. The zero-order valence-corrected chi connectivity index (χ0v) is 13.3. The average Bonchev–Trinajstić information content (AvgIpc) is 2.41. The van der Waals surface area contributed by atoms with E-state index in [9.17, 15) is 4.79 Å². The van der Waals surface area contributed by atoms with Crippen LogP contribution in [0.3, 0.4) is 0 Å². The number of carbonyl (C=O) groups excluding carboxylic acids is 1. The van der Waals surface area contributed by atoms with Gasteiger partial charge in [0.25, 0.3) is 5.91 Å². The number of amides is 1. The molecule has 1 heterocycles. The summed E-state index contributed by atoms with van der Waals surface area (Å²) in [7, 11) is 0. The summed E-state index contributed by atoms with van der Waals surface area (Å²) >= 11 is 6.86. The first-order chi connectivity index (χ1) is 8.63. The Bertz CT molecular complexity index is 451. The van der Waals surface area contributed by atoms with E-state index in [-0.39, 0.29) is 12.0 Å². The molecule has 1 aromatic rings. The minimum Gasteiger partial charge on any atom is -0.374 e. The summed E-state index contributed by atoms with van der Waals surface area (Å²) in [5.74, 6) is 0.0862. The lowest BCUT2D eigenvalue weighted by Gasteiger charge is -2.32. The molecule has 0 spiro atoms. The first-order valence-electron chi connectivity index (χ1n) is 5.85. The number of morpholine rings is 1. The number of hydrogen-bond donors (Lipinski definition) is 0. The van der Waals surface area contributed by atoms with Gasteiger partial charge in [-0.05, 0) is 24.6 Å². The van der Waals surface area contributed by atoms with Crippen molar-refractivity contribution in [2.75, 3.05) is 25.0 Å². The lowest BCUT2D eigenvalue weighted by atomic mass is 10.1. The molecule has 0 aliphatic carbocycles. The van der Waals surface area contributed by atoms with Gasteiger partial charge < -0.3 is 9.64 Å². The molecule has 5 heteroatoms. The summed E-state index contributed by atoms with van der Waals surface area (Å²) in [4.78, 5) is 14.3. The zero-order chi connectivity index (χ0) is 13.1. The van der Waals surface area contributed by atoms with Crippen LogP contribution in [0, 0.1) is 6.92 Å². The summed E-state index contributed by atoms with van der Waals surface area (Å²) in [6.07, 6.45) is 0.0927. The monoisotopic (exact) mass is 375 g/mol. The van der Waals surface area contributed by atoms with Gasteiger partial charge in [-0.2, -0.15) is 0 Å². The Labute approximate surface area is 124 Å². The van der Waals surface area contributed by atoms with Crippen LogP contribution in [0.1, 0.15) is 15.9 Å². The molecule has 3 nitrogen and oxygen atoms in total. The third kappa shape index (κ3) is 2.95. The van der Waals surface area contributed by atoms with E-state index in [2.05, 4.69) is 31.9 Å². The van der Waals surface area contributed by atoms with E-state index in [1.165, 1.54) is 0 Å². The Hall–Kier alpha value is -0.390. The second-order valence-corrected chi connectivity index (χ2v) is 5.81. The second-order valence-electron chi connectivity index (χ2n) is 4.31. The lowest BCUT2D eigenvalue weighted by Crippen LogP contribution is -2.46. The fourth-order valence-electron chi connectivity index (χ4n) is 2.01. The van der Waals surface area contributed by atoms with E-state index in [4.69, 9.17) is 4.74 Å². The van der Waals surface area contributed by atoms with E-state index in [1.54, 1.807) is 0 Å². The molecule has 1 atom stereocenters. The standard InChI is InChI=1S/C13H15Br2NO2/c1-9-11(3-2-4-12(9)15)13(17)16-5-6-18-10(7-14)8-16/h2-4,10H,5-8H2,1H3. The molecule has 1 aromatic carbocycles. The highest BCUT2D eigenvalue weighted by molar-refractivity contribution is 9.10. The molecule has 0 radical (unpaired) electrons. The molecule has 1 unspecified atom stereocenters. The van der Waals surface area contributed by atoms with Crippen molar-refractivity contribution < 1.29 is 9.53 Å². The Morgan fingerprint density at radius 3 is 3.06 bits per heavy atom. The van der Waals surface area contributed by atoms with Gasteiger partial charge in [0, 0.05) is 28.5 Å². The maximum absolute atomic E-state index is 12.5. The number of ether oxygens (including phenoxy) is 1. The van der Waals surface area contributed by atoms with Crippen molar-refractivity contribution in [1.82, 2.24) is 4.90 Å². The average molecular weight is 377 g/mol. The highest BCUT2D eigenvalue weighted by Crippen LogP contribution is 2.21. The quantitative estimate of drug-likeness (QED) is 0.742. The number of rotatable bonds is 2. The van der Waals surface area contributed by atoms with Crippen molar-refractivity contribution in [3.8, 4) is 0 Å². The number of halogens is 2. The minimum absolute atomic E-state index is 0.0862. The predicted octanol–water partition coefficient (Wildman–Crippen LogP) is 2.99. The van der Waals surface area contributed by atoms with Crippen LogP contribution in [0.2, 0.25) is 0 Å². The number of hydrogen-bond acceptors (Lipinski definition) is 2. The zero-order valence-electron chi connectivity index (χ0n) is 10.2. The molecular weight excluding hydrogens is 362 g/mol.